The topological polar surface area (TPSA) is 92.3 Å². The molecule has 8 nitrogen and oxygen atoms in total. The summed E-state index contributed by atoms with van der Waals surface area (Å²) in [5.74, 6) is 0.349. The summed E-state index contributed by atoms with van der Waals surface area (Å²) >= 11 is 6.08. The molecule has 0 bridgehead atoms. The number of hydrogen-bond acceptors (Lipinski definition) is 7. The SMILES string of the molecule is O=C(Nc1cc(Nc2cc(-c3cc(Cl)ccc3F)nnc2OCCN2CCCC2)ccn1)C1CC1. The summed E-state index contributed by atoms with van der Waals surface area (Å²) in [6, 6.07) is 9.46. The van der Waals surface area contributed by atoms with Gasteiger partial charge in [0.15, 0.2) is 0 Å². The molecule has 2 aromatic heterocycles. The van der Waals surface area contributed by atoms with Crippen molar-refractivity contribution in [3.63, 3.8) is 0 Å². The highest BCUT2D eigenvalue weighted by Crippen LogP contribution is 2.33. The van der Waals surface area contributed by atoms with Crippen molar-refractivity contribution in [1.82, 2.24) is 20.1 Å². The predicted octanol–water partition coefficient (Wildman–Crippen LogP) is 4.90. The zero-order valence-electron chi connectivity index (χ0n) is 19.1. The Hall–Kier alpha value is -3.30. The first kappa shape index (κ1) is 23.4. The van der Waals surface area contributed by atoms with Gasteiger partial charge in [-0.3, -0.25) is 9.69 Å². The number of rotatable bonds is 9. The minimum atomic E-state index is -0.452. The number of aromatic nitrogens is 3. The number of ether oxygens (including phenoxy) is 1. The van der Waals surface area contributed by atoms with Crippen molar-refractivity contribution in [1.29, 1.82) is 0 Å². The molecule has 0 radical (unpaired) electrons. The van der Waals surface area contributed by atoms with Crippen LogP contribution in [0.15, 0.2) is 42.6 Å². The van der Waals surface area contributed by atoms with Crippen LogP contribution < -0.4 is 15.4 Å². The van der Waals surface area contributed by atoms with E-state index in [0.717, 1.165) is 32.5 Å². The average Bonchev–Trinajstić information content (AvgIpc) is 3.58. The van der Waals surface area contributed by atoms with Crippen LogP contribution in [0.2, 0.25) is 5.02 Å². The van der Waals surface area contributed by atoms with Crippen LogP contribution in [0.25, 0.3) is 11.3 Å². The zero-order valence-corrected chi connectivity index (χ0v) is 19.9. The Bertz CT molecular complexity index is 1220. The molecule has 35 heavy (non-hydrogen) atoms. The Kier molecular flexibility index (Phi) is 7.06. The number of hydrogen-bond donors (Lipinski definition) is 2. The van der Waals surface area contributed by atoms with Crippen LogP contribution in [0, 0.1) is 11.7 Å². The molecule has 182 valence electrons. The first-order valence-corrected chi connectivity index (χ1v) is 12.2. The fraction of sp³-hybridized carbons (Fsp3) is 0.360. The molecule has 0 spiro atoms. The van der Waals surface area contributed by atoms with Gasteiger partial charge >= 0.3 is 0 Å². The van der Waals surface area contributed by atoms with Crippen molar-refractivity contribution in [2.75, 3.05) is 36.9 Å². The summed E-state index contributed by atoms with van der Waals surface area (Å²) in [6.45, 7) is 3.38. The fourth-order valence-electron chi connectivity index (χ4n) is 3.99. The Morgan fingerprint density at radius 2 is 1.97 bits per heavy atom. The van der Waals surface area contributed by atoms with Crippen LogP contribution in [0.4, 0.5) is 21.6 Å². The van der Waals surface area contributed by atoms with Crippen LogP contribution in [-0.4, -0.2) is 52.2 Å². The van der Waals surface area contributed by atoms with Crippen molar-refractivity contribution in [3.8, 4) is 17.1 Å². The molecular formula is C25H26ClFN6O2. The standard InChI is InChI=1S/C25H26ClFN6O2/c26-17-5-6-20(27)19(13-17)21-15-22(25(32-31-21)35-12-11-33-9-1-2-10-33)29-18-7-8-28-23(14-18)30-24(34)16-3-4-16/h5-8,13-16H,1-4,9-12H2,(H2,28,29,30,31,34). The van der Waals surface area contributed by atoms with E-state index < -0.39 is 5.82 Å². The number of likely N-dealkylation sites (tertiary alicyclic amines) is 1. The smallest absolute Gasteiger partial charge is 0.257 e. The second kappa shape index (κ2) is 10.5. The van der Waals surface area contributed by atoms with E-state index in [1.807, 2.05) is 0 Å². The molecule has 0 atom stereocenters. The van der Waals surface area contributed by atoms with Crippen LogP contribution >= 0.6 is 11.6 Å². The van der Waals surface area contributed by atoms with E-state index in [1.165, 1.54) is 31.0 Å². The molecule has 1 aliphatic heterocycles. The number of pyridine rings is 1. The molecule has 1 saturated heterocycles. The van der Waals surface area contributed by atoms with E-state index in [1.54, 1.807) is 24.4 Å². The van der Waals surface area contributed by atoms with Crippen LogP contribution in [0.3, 0.4) is 0 Å². The van der Waals surface area contributed by atoms with Crippen LogP contribution in [-0.2, 0) is 4.79 Å². The zero-order chi connectivity index (χ0) is 24.2. The minimum Gasteiger partial charge on any atom is -0.474 e. The molecule has 1 aromatic carbocycles. The van der Waals surface area contributed by atoms with Crippen molar-refractivity contribution in [2.24, 2.45) is 5.92 Å². The van der Waals surface area contributed by atoms with E-state index in [-0.39, 0.29) is 17.4 Å². The number of anilines is 3. The van der Waals surface area contributed by atoms with Crippen molar-refractivity contribution in [3.05, 3.63) is 53.4 Å². The van der Waals surface area contributed by atoms with E-state index in [9.17, 15) is 9.18 Å². The highest BCUT2D eigenvalue weighted by atomic mass is 35.5. The third kappa shape index (κ3) is 6.04. The van der Waals surface area contributed by atoms with Crippen molar-refractivity contribution < 1.29 is 13.9 Å². The van der Waals surface area contributed by atoms with E-state index >= 15 is 0 Å². The van der Waals surface area contributed by atoms with Crippen molar-refractivity contribution in [2.45, 2.75) is 25.7 Å². The molecule has 1 amide bonds. The number of nitrogens with one attached hydrogen (secondary N) is 2. The summed E-state index contributed by atoms with van der Waals surface area (Å²) in [4.78, 5) is 18.7. The van der Waals surface area contributed by atoms with Gasteiger partial charge in [0.05, 0.1) is 5.69 Å². The number of nitrogens with zero attached hydrogens (tertiary/aromatic N) is 4. The highest BCUT2D eigenvalue weighted by molar-refractivity contribution is 6.30. The first-order valence-electron chi connectivity index (χ1n) is 11.8. The van der Waals surface area contributed by atoms with E-state index in [2.05, 4.69) is 30.7 Å². The Labute approximate surface area is 207 Å². The molecule has 3 heterocycles. The Morgan fingerprint density at radius 1 is 1.14 bits per heavy atom. The van der Waals surface area contributed by atoms with Crippen LogP contribution in [0.5, 0.6) is 5.88 Å². The molecule has 0 unspecified atom stereocenters. The number of benzene rings is 1. The van der Waals surface area contributed by atoms with E-state index in [4.69, 9.17) is 16.3 Å². The lowest BCUT2D eigenvalue weighted by Gasteiger charge is -2.17. The molecule has 1 saturated carbocycles. The number of carbonyl (C=O) groups excluding carboxylic acids is 1. The first-order chi connectivity index (χ1) is 17.0. The van der Waals surface area contributed by atoms with Gasteiger partial charge in [0.2, 0.25) is 5.91 Å². The molecular weight excluding hydrogens is 471 g/mol. The van der Waals surface area contributed by atoms with Gasteiger partial charge in [0.25, 0.3) is 5.88 Å². The van der Waals surface area contributed by atoms with Crippen molar-refractivity contribution >= 4 is 34.7 Å². The molecule has 2 N–H and O–H groups in total. The summed E-state index contributed by atoms with van der Waals surface area (Å²) in [5.41, 5.74) is 1.74. The third-order valence-electron chi connectivity index (χ3n) is 6.05. The lowest BCUT2D eigenvalue weighted by molar-refractivity contribution is -0.117. The van der Waals surface area contributed by atoms with Gasteiger partial charge in [-0.1, -0.05) is 11.6 Å². The lowest BCUT2D eigenvalue weighted by atomic mass is 10.1. The second-order valence-corrected chi connectivity index (χ2v) is 9.22. The maximum absolute atomic E-state index is 14.5. The Morgan fingerprint density at radius 3 is 2.77 bits per heavy atom. The number of amides is 1. The fourth-order valence-corrected chi connectivity index (χ4v) is 4.16. The maximum atomic E-state index is 14.5. The average molecular weight is 497 g/mol. The van der Waals surface area contributed by atoms with Gasteiger partial charge in [0, 0.05) is 41.0 Å². The molecule has 2 fully saturated rings. The van der Waals surface area contributed by atoms with Gasteiger partial charge in [-0.2, -0.15) is 0 Å². The summed E-state index contributed by atoms with van der Waals surface area (Å²) in [7, 11) is 0. The van der Waals surface area contributed by atoms with Gasteiger partial charge in [-0.15, -0.1) is 10.2 Å². The quantitative estimate of drug-likeness (QED) is 0.435. The predicted molar refractivity (Wildman–Crippen MR) is 132 cm³/mol. The second-order valence-electron chi connectivity index (χ2n) is 8.79. The summed E-state index contributed by atoms with van der Waals surface area (Å²) in [5, 5.41) is 14.9. The minimum absolute atomic E-state index is 0.0233. The van der Waals surface area contributed by atoms with Gasteiger partial charge in [-0.25, -0.2) is 9.37 Å². The summed E-state index contributed by atoms with van der Waals surface area (Å²) < 4.78 is 20.5. The van der Waals surface area contributed by atoms with Gasteiger partial charge in [0.1, 0.15) is 23.9 Å². The number of carbonyl (C=O) groups is 1. The maximum Gasteiger partial charge on any atom is 0.257 e. The lowest BCUT2D eigenvalue weighted by Crippen LogP contribution is -2.25. The highest BCUT2D eigenvalue weighted by Gasteiger charge is 2.29. The third-order valence-corrected chi connectivity index (χ3v) is 6.28. The monoisotopic (exact) mass is 496 g/mol. The molecule has 2 aliphatic rings. The largest absolute Gasteiger partial charge is 0.474 e. The van der Waals surface area contributed by atoms with E-state index in [0.29, 0.717) is 40.4 Å². The van der Waals surface area contributed by atoms with Gasteiger partial charge < -0.3 is 15.4 Å². The molecule has 1 aliphatic carbocycles. The molecule has 10 heteroatoms. The summed E-state index contributed by atoms with van der Waals surface area (Å²) in [6.07, 6.45) is 5.83. The van der Waals surface area contributed by atoms with Crippen LogP contribution in [0.1, 0.15) is 25.7 Å². The molecule has 5 rings (SSSR count). The number of halogens is 2. The van der Waals surface area contributed by atoms with Gasteiger partial charge in [-0.05, 0) is 69.1 Å². The Balaban J connectivity index is 1.39. The molecule has 3 aromatic rings. The normalized spacial score (nSPS) is 15.7.